The van der Waals surface area contributed by atoms with Crippen molar-refractivity contribution in [3.63, 3.8) is 0 Å². The average Bonchev–Trinajstić information content (AvgIpc) is 2.85. The van der Waals surface area contributed by atoms with Crippen molar-refractivity contribution in [1.82, 2.24) is 20.0 Å². The van der Waals surface area contributed by atoms with Gasteiger partial charge >= 0.3 is 0 Å². The summed E-state index contributed by atoms with van der Waals surface area (Å²) in [5, 5.41) is 4.08. The van der Waals surface area contributed by atoms with Crippen LogP contribution in [-0.2, 0) is 6.42 Å². The van der Waals surface area contributed by atoms with Gasteiger partial charge in [-0.15, -0.1) is 0 Å². The standard InChI is InChI=1S/C19H27N5O2/c1-12(2)18-17(13(3)26-23-18)19(25)24-7-4-5-14(6-8-24)9-15-10-22-16(20)11-21-15/h10-12,14H,4-9H2,1-3H3,(H2,20,22)/t14-/m0/s1. The molecule has 7 nitrogen and oxygen atoms in total. The maximum absolute atomic E-state index is 13.1. The fraction of sp³-hybridized carbons (Fsp3) is 0.579. The lowest BCUT2D eigenvalue weighted by Crippen LogP contribution is -2.33. The number of anilines is 1. The van der Waals surface area contributed by atoms with Crippen molar-refractivity contribution in [2.24, 2.45) is 5.92 Å². The molecule has 0 radical (unpaired) electrons. The molecular weight excluding hydrogens is 330 g/mol. The minimum absolute atomic E-state index is 0.0420. The number of nitrogens with two attached hydrogens (primary N) is 1. The molecule has 2 aromatic heterocycles. The van der Waals surface area contributed by atoms with E-state index in [1.807, 2.05) is 25.7 Å². The first-order valence-electron chi connectivity index (χ1n) is 9.27. The summed E-state index contributed by atoms with van der Waals surface area (Å²) >= 11 is 0. The molecule has 3 rings (SSSR count). The Bertz CT molecular complexity index is 754. The lowest BCUT2D eigenvalue weighted by Gasteiger charge is -2.21. The first-order chi connectivity index (χ1) is 12.5. The molecule has 0 aliphatic carbocycles. The van der Waals surface area contributed by atoms with Crippen LogP contribution >= 0.6 is 0 Å². The van der Waals surface area contributed by atoms with Gasteiger partial charge in [0.15, 0.2) is 0 Å². The molecule has 7 heteroatoms. The largest absolute Gasteiger partial charge is 0.382 e. The van der Waals surface area contributed by atoms with E-state index in [2.05, 4.69) is 15.1 Å². The fourth-order valence-corrected chi connectivity index (χ4v) is 3.54. The molecule has 1 aliphatic heterocycles. The van der Waals surface area contributed by atoms with Gasteiger partial charge in [-0.05, 0) is 44.4 Å². The van der Waals surface area contributed by atoms with Crippen LogP contribution in [0.5, 0.6) is 0 Å². The summed E-state index contributed by atoms with van der Waals surface area (Å²) < 4.78 is 5.29. The maximum atomic E-state index is 13.1. The van der Waals surface area contributed by atoms with E-state index >= 15 is 0 Å². The van der Waals surface area contributed by atoms with Crippen molar-refractivity contribution < 1.29 is 9.32 Å². The van der Waals surface area contributed by atoms with Gasteiger partial charge in [-0.25, -0.2) is 4.98 Å². The van der Waals surface area contributed by atoms with Gasteiger partial charge in [0, 0.05) is 13.1 Å². The number of carbonyl (C=O) groups excluding carboxylic acids is 1. The average molecular weight is 357 g/mol. The van der Waals surface area contributed by atoms with Gasteiger partial charge in [-0.3, -0.25) is 9.78 Å². The van der Waals surface area contributed by atoms with Gasteiger partial charge in [0.2, 0.25) is 0 Å². The van der Waals surface area contributed by atoms with Crippen LogP contribution in [0, 0.1) is 12.8 Å². The zero-order chi connectivity index (χ0) is 18.7. The number of nitrogen functional groups attached to an aromatic ring is 1. The van der Waals surface area contributed by atoms with Crippen LogP contribution in [0.2, 0.25) is 0 Å². The van der Waals surface area contributed by atoms with E-state index < -0.39 is 0 Å². The van der Waals surface area contributed by atoms with E-state index in [-0.39, 0.29) is 11.8 Å². The number of amides is 1. The van der Waals surface area contributed by atoms with Gasteiger partial charge in [-0.2, -0.15) is 0 Å². The van der Waals surface area contributed by atoms with Gasteiger partial charge in [-0.1, -0.05) is 19.0 Å². The molecule has 1 atom stereocenters. The van der Waals surface area contributed by atoms with Crippen LogP contribution in [-0.4, -0.2) is 39.0 Å². The van der Waals surface area contributed by atoms with E-state index in [1.54, 1.807) is 12.4 Å². The molecule has 0 unspecified atom stereocenters. The highest BCUT2D eigenvalue weighted by Crippen LogP contribution is 2.26. The minimum Gasteiger partial charge on any atom is -0.382 e. The summed E-state index contributed by atoms with van der Waals surface area (Å²) in [5.74, 6) is 1.75. The van der Waals surface area contributed by atoms with Crippen LogP contribution in [0.1, 0.15) is 66.5 Å². The van der Waals surface area contributed by atoms with Gasteiger partial charge in [0.05, 0.1) is 23.8 Å². The number of rotatable bonds is 4. The third-order valence-electron chi connectivity index (χ3n) is 5.01. The molecule has 2 aromatic rings. The number of aromatic nitrogens is 3. The Labute approximate surface area is 154 Å². The molecular formula is C19H27N5O2. The minimum atomic E-state index is 0.0420. The second-order valence-electron chi connectivity index (χ2n) is 7.38. The normalized spacial score (nSPS) is 18.2. The quantitative estimate of drug-likeness (QED) is 0.903. The number of hydrogen-bond acceptors (Lipinski definition) is 6. The second kappa shape index (κ2) is 7.85. The molecule has 0 spiro atoms. The molecule has 0 bridgehead atoms. The Morgan fingerprint density at radius 3 is 2.81 bits per heavy atom. The smallest absolute Gasteiger partial charge is 0.259 e. The lowest BCUT2D eigenvalue weighted by molar-refractivity contribution is 0.0757. The molecule has 1 saturated heterocycles. The van der Waals surface area contributed by atoms with E-state index in [4.69, 9.17) is 10.3 Å². The fourth-order valence-electron chi connectivity index (χ4n) is 3.54. The Kier molecular flexibility index (Phi) is 5.54. The van der Waals surface area contributed by atoms with Crippen molar-refractivity contribution in [1.29, 1.82) is 0 Å². The molecule has 140 valence electrons. The highest BCUT2D eigenvalue weighted by atomic mass is 16.5. The van der Waals surface area contributed by atoms with E-state index in [9.17, 15) is 4.79 Å². The highest BCUT2D eigenvalue weighted by Gasteiger charge is 2.28. The Balaban J connectivity index is 1.66. The SMILES string of the molecule is Cc1onc(C(C)C)c1C(=O)N1CCC[C@H](Cc2cnc(N)cn2)CC1. The van der Waals surface area contributed by atoms with Crippen LogP contribution in [0.3, 0.4) is 0 Å². The number of aryl methyl sites for hydroxylation is 1. The molecule has 26 heavy (non-hydrogen) atoms. The third kappa shape index (κ3) is 4.03. The predicted octanol–water partition coefficient (Wildman–Crippen LogP) is 2.96. The highest BCUT2D eigenvalue weighted by molar-refractivity contribution is 5.96. The first kappa shape index (κ1) is 18.4. The van der Waals surface area contributed by atoms with Crippen molar-refractivity contribution in [3.05, 3.63) is 35.1 Å². The topological polar surface area (TPSA) is 98.1 Å². The summed E-state index contributed by atoms with van der Waals surface area (Å²) in [6.45, 7) is 7.38. The summed E-state index contributed by atoms with van der Waals surface area (Å²) in [7, 11) is 0. The van der Waals surface area contributed by atoms with Gasteiger partial charge in [0.25, 0.3) is 5.91 Å². The van der Waals surface area contributed by atoms with Crippen molar-refractivity contribution in [2.75, 3.05) is 18.8 Å². The van der Waals surface area contributed by atoms with Crippen molar-refractivity contribution in [2.45, 2.75) is 52.4 Å². The van der Waals surface area contributed by atoms with Gasteiger partial charge in [0.1, 0.15) is 17.1 Å². The van der Waals surface area contributed by atoms with Crippen LogP contribution in [0.4, 0.5) is 5.82 Å². The van der Waals surface area contributed by atoms with E-state index in [1.165, 1.54) is 0 Å². The monoisotopic (exact) mass is 357 g/mol. The van der Waals surface area contributed by atoms with E-state index in [0.29, 0.717) is 23.1 Å². The van der Waals surface area contributed by atoms with Crippen LogP contribution in [0.25, 0.3) is 0 Å². The van der Waals surface area contributed by atoms with Crippen molar-refractivity contribution >= 4 is 11.7 Å². The zero-order valence-electron chi connectivity index (χ0n) is 15.7. The summed E-state index contributed by atoms with van der Waals surface area (Å²) in [4.78, 5) is 23.5. The Hall–Kier alpha value is -2.44. The van der Waals surface area contributed by atoms with Crippen LogP contribution < -0.4 is 5.73 Å². The van der Waals surface area contributed by atoms with Gasteiger partial charge < -0.3 is 15.2 Å². The molecule has 0 aromatic carbocycles. The second-order valence-corrected chi connectivity index (χ2v) is 7.38. The summed E-state index contributed by atoms with van der Waals surface area (Å²) in [6, 6.07) is 0. The Morgan fingerprint density at radius 1 is 1.31 bits per heavy atom. The zero-order valence-corrected chi connectivity index (χ0v) is 15.7. The third-order valence-corrected chi connectivity index (χ3v) is 5.01. The summed E-state index contributed by atoms with van der Waals surface area (Å²) in [5.41, 5.74) is 7.95. The van der Waals surface area contributed by atoms with Crippen LogP contribution in [0.15, 0.2) is 16.9 Å². The number of nitrogens with zero attached hydrogens (tertiary/aromatic N) is 4. The molecule has 1 aliphatic rings. The van der Waals surface area contributed by atoms with E-state index in [0.717, 1.165) is 50.2 Å². The lowest BCUT2D eigenvalue weighted by atomic mass is 9.95. The number of hydrogen-bond donors (Lipinski definition) is 1. The molecule has 3 heterocycles. The number of carbonyl (C=O) groups is 1. The Morgan fingerprint density at radius 2 is 2.12 bits per heavy atom. The number of likely N-dealkylation sites (tertiary alicyclic amines) is 1. The predicted molar refractivity (Wildman–Crippen MR) is 98.7 cm³/mol. The molecule has 0 saturated carbocycles. The molecule has 2 N–H and O–H groups in total. The van der Waals surface area contributed by atoms with Crippen molar-refractivity contribution in [3.8, 4) is 0 Å². The maximum Gasteiger partial charge on any atom is 0.259 e. The summed E-state index contributed by atoms with van der Waals surface area (Å²) in [6.07, 6.45) is 7.25. The molecule has 1 fully saturated rings. The molecule has 1 amide bonds. The first-order valence-corrected chi connectivity index (χ1v) is 9.27.